The maximum atomic E-state index is 13.2. The first kappa shape index (κ1) is 23.5. The highest BCUT2D eigenvalue weighted by Crippen LogP contribution is 2.32. The Bertz CT molecular complexity index is 1130. The van der Waals surface area contributed by atoms with Gasteiger partial charge in [0.2, 0.25) is 5.91 Å². The first-order chi connectivity index (χ1) is 16.3. The Hall–Kier alpha value is -3.62. The predicted octanol–water partition coefficient (Wildman–Crippen LogP) is 4.74. The minimum atomic E-state index is -4.45. The van der Waals surface area contributed by atoms with Crippen LogP contribution in [-0.2, 0) is 17.5 Å². The van der Waals surface area contributed by atoms with Gasteiger partial charge < -0.3 is 15.5 Å². The number of nitrogens with zero attached hydrogens (tertiary/aromatic N) is 3. The van der Waals surface area contributed by atoms with Gasteiger partial charge >= 0.3 is 6.18 Å². The number of hydrogen-bond acceptors (Lipinski definition) is 5. The lowest BCUT2D eigenvalue weighted by atomic mass is 9.95. The molecular formula is C25H26F3N5O. The van der Waals surface area contributed by atoms with E-state index in [1.165, 1.54) is 12.1 Å². The number of nitrogens with one attached hydrogen (secondary N) is 2. The van der Waals surface area contributed by atoms with E-state index in [0.29, 0.717) is 37.6 Å². The summed E-state index contributed by atoms with van der Waals surface area (Å²) in [4.78, 5) is 24.0. The molecule has 6 nitrogen and oxygen atoms in total. The normalized spacial score (nSPS) is 14.6. The summed E-state index contributed by atoms with van der Waals surface area (Å²) in [6.45, 7) is 1.09. The molecule has 0 unspecified atom stereocenters. The highest BCUT2D eigenvalue weighted by Gasteiger charge is 2.33. The van der Waals surface area contributed by atoms with Crippen LogP contribution in [0.4, 0.5) is 24.8 Å². The van der Waals surface area contributed by atoms with Gasteiger partial charge in [0, 0.05) is 44.2 Å². The van der Waals surface area contributed by atoms with Crippen molar-refractivity contribution in [3.05, 3.63) is 71.8 Å². The van der Waals surface area contributed by atoms with Crippen LogP contribution in [0.3, 0.4) is 0 Å². The van der Waals surface area contributed by atoms with Crippen LogP contribution in [0.1, 0.15) is 24.0 Å². The van der Waals surface area contributed by atoms with Crippen molar-refractivity contribution in [3.63, 3.8) is 0 Å². The minimum absolute atomic E-state index is 0.0646. The van der Waals surface area contributed by atoms with E-state index in [-0.39, 0.29) is 23.9 Å². The second-order valence-electron chi connectivity index (χ2n) is 8.19. The lowest BCUT2D eigenvalue weighted by Crippen LogP contribution is -2.41. The first-order valence-corrected chi connectivity index (χ1v) is 11.1. The van der Waals surface area contributed by atoms with Crippen LogP contribution < -0.4 is 15.5 Å². The van der Waals surface area contributed by atoms with E-state index in [1.807, 2.05) is 36.4 Å². The molecule has 1 aromatic heterocycles. The molecule has 1 aliphatic heterocycles. The van der Waals surface area contributed by atoms with Gasteiger partial charge in [0.1, 0.15) is 11.6 Å². The highest BCUT2D eigenvalue weighted by atomic mass is 19.4. The van der Waals surface area contributed by atoms with Crippen LogP contribution in [0.25, 0.3) is 11.4 Å². The van der Waals surface area contributed by atoms with Gasteiger partial charge in [-0.3, -0.25) is 4.79 Å². The number of halogens is 3. The SMILES string of the molecule is CNc1cc(N2CCC(C(=O)NCc3ccccc3C(F)(F)F)CC2)nc(-c2ccccc2)n1. The maximum Gasteiger partial charge on any atom is 0.416 e. The second kappa shape index (κ2) is 10.1. The zero-order chi connectivity index (χ0) is 24.1. The molecule has 3 aromatic rings. The van der Waals surface area contributed by atoms with Crippen LogP contribution in [0.15, 0.2) is 60.7 Å². The fourth-order valence-corrected chi connectivity index (χ4v) is 4.09. The van der Waals surface area contributed by atoms with Crippen molar-refractivity contribution in [2.75, 3.05) is 30.4 Å². The largest absolute Gasteiger partial charge is 0.416 e. The van der Waals surface area contributed by atoms with Gasteiger partial charge in [0.25, 0.3) is 0 Å². The predicted molar refractivity (Wildman–Crippen MR) is 125 cm³/mol. The number of anilines is 2. The average Bonchev–Trinajstić information content (AvgIpc) is 2.87. The Morgan fingerprint density at radius 3 is 2.38 bits per heavy atom. The average molecular weight is 470 g/mol. The van der Waals surface area contributed by atoms with E-state index in [2.05, 4.69) is 20.5 Å². The molecule has 2 aromatic carbocycles. The van der Waals surface area contributed by atoms with Crippen LogP contribution in [0, 0.1) is 5.92 Å². The molecule has 0 bridgehead atoms. The van der Waals surface area contributed by atoms with Gasteiger partial charge in [-0.25, -0.2) is 9.97 Å². The number of aromatic nitrogens is 2. The summed E-state index contributed by atoms with van der Waals surface area (Å²) in [6.07, 6.45) is -3.27. The van der Waals surface area contributed by atoms with Crippen molar-refractivity contribution in [2.45, 2.75) is 25.6 Å². The van der Waals surface area contributed by atoms with Gasteiger partial charge in [-0.05, 0) is 24.5 Å². The summed E-state index contributed by atoms with van der Waals surface area (Å²) >= 11 is 0. The number of carbonyl (C=O) groups is 1. The van der Waals surface area contributed by atoms with Crippen molar-refractivity contribution in [3.8, 4) is 11.4 Å². The Kier molecular flexibility index (Phi) is 7.00. The van der Waals surface area contributed by atoms with E-state index in [9.17, 15) is 18.0 Å². The zero-order valence-electron chi connectivity index (χ0n) is 18.8. The molecule has 1 amide bonds. The van der Waals surface area contributed by atoms with Crippen molar-refractivity contribution in [1.29, 1.82) is 0 Å². The van der Waals surface area contributed by atoms with Crippen molar-refractivity contribution < 1.29 is 18.0 Å². The third kappa shape index (κ3) is 5.47. The number of carbonyl (C=O) groups excluding carboxylic acids is 1. The topological polar surface area (TPSA) is 70.2 Å². The molecule has 0 radical (unpaired) electrons. The summed E-state index contributed by atoms with van der Waals surface area (Å²) < 4.78 is 39.6. The van der Waals surface area contributed by atoms with E-state index in [4.69, 9.17) is 4.98 Å². The maximum absolute atomic E-state index is 13.2. The zero-order valence-corrected chi connectivity index (χ0v) is 18.8. The molecule has 2 heterocycles. The molecular weight excluding hydrogens is 443 g/mol. The molecule has 9 heteroatoms. The third-order valence-corrected chi connectivity index (χ3v) is 5.97. The minimum Gasteiger partial charge on any atom is -0.373 e. The Labute approximate surface area is 196 Å². The van der Waals surface area contributed by atoms with E-state index < -0.39 is 11.7 Å². The molecule has 178 valence electrons. The van der Waals surface area contributed by atoms with Gasteiger partial charge in [-0.15, -0.1) is 0 Å². The smallest absolute Gasteiger partial charge is 0.373 e. The lowest BCUT2D eigenvalue weighted by molar-refractivity contribution is -0.138. The standard InChI is InChI=1S/C25H26F3N5O/c1-29-21-15-22(32-23(31-21)17-7-3-2-4-8-17)33-13-11-18(12-14-33)24(34)30-16-19-9-5-6-10-20(19)25(26,27)28/h2-10,15,18H,11-14,16H2,1H3,(H,30,34)(H,29,31,32). The fraction of sp³-hybridized carbons (Fsp3) is 0.320. The molecule has 0 atom stereocenters. The summed E-state index contributed by atoms with van der Waals surface area (Å²) in [7, 11) is 1.80. The number of benzene rings is 2. The summed E-state index contributed by atoms with van der Waals surface area (Å²) in [5.41, 5.74) is 0.257. The molecule has 2 N–H and O–H groups in total. The molecule has 34 heavy (non-hydrogen) atoms. The van der Waals surface area contributed by atoms with Crippen molar-refractivity contribution >= 4 is 17.5 Å². The monoisotopic (exact) mass is 469 g/mol. The molecule has 0 spiro atoms. The summed E-state index contributed by atoms with van der Waals surface area (Å²) in [5.74, 6) is 1.61. The molecule has 4 rings (SSSR count). The van der Waals surface area contributed by atoms with Crippen molar-refractivity contribution in [2.24, 2.45) is 5.92 Å². The summed E-state index contributed by atoms with van der Waals surface area (Å²) in [6, 6.07) is 16.9. The van der Waals surface area contributed by atoms with Gasteiger partial charge in [0.05, 0.1) is 5.56 Å². The second-order valence-corrected chi connectivity index (χ2v) is 8.19. The van der Waals surface area contributed by atoms with Crippen LogP contribution in [0.5, 0.6) is 0 Å². The van der Waals surface area contributed by atoms with Crippen LogP contribution in [0.2, 0.25) is 0 Å². The molecule has 1 saturated heterocycles. The number of hydrogen-bond donors (Lipinski definition) is 2. The van der Waals surface area contributed by atoms with Gasteiger partial charge in [-0.1, -0.05) is 48.5 Å². The molecule has 1 fully saturated rings. The van der Waals surface area contributed by atoms with Gasteiger partial charge in [0.15, 0.2) is 5.82 Å². The molecule has 0 saturated carbocycles. The number of rotatable bonds is 6. The van der Waals surface area contributed by atoms with Crippen molar-refractivity contribution in [1.82, 2.24) is 15.3 Å². The Balaban J connectivity index is 1.39. The lowest BCUT2D eigenvalue weighted by Gasteiger charge is -2.32. The highest BCUT2D eigenvalue weighted by molar-refractivity contribution is 5.79. The summed E-state index contributed by atoms with van der Waals surface area (Å²) in [5, 5.41) is 5.76. The number of alkyl halides is 3. The van der Waals surface area contributed by atoms with Crippen LogP contribution in [-0.4, -0.2) is 36.0 Å². The third-order valence-electron chi connectivity index (χ3n) is 5.97. The first-order valence-electron chi connectivity index (χ1n) is 11.1. The Morgan fingerprint density at radius 1 is 1.03 bits per heavy atom. The van der Waals surface area contributed by atoms with E-state index >= 15 is 0 Å². The van der Waals surface area contributed by atoms with E-state index in [1.54, 1.807) is 13.1 Å². The van der Waals surface area contributed by atoms with Gasteiger partial charge in [-0.2, -0.15) is 13.2 Å². The molecule has 1 aliphatic rings. The van der Waals surface area contributed by atoms with E-state index in [0.717, 1.165) is 17.4 Å². The Morgan fingerprint density at radius 2 is 1.71 bits per heavy atom. The van der Waals surface area contributed by atoms with Crippen LogP contribution >= 0.6 is 0 Å². The quantitative estimate of drug-likeness (QED) is 0.546. The number of amides is 1. The number of piperidine rings is 1. The fourth-order valence-electron chi connectivity index (χ4n) is 4.09. The molecule has 0 aliphatic carbocycles.